The molecule has 1 heterocycles. The van der Waals surface area contributed by atoms with Crippen LogP contribution in [0.25, 0.3) is 66.4 Å². The molecule has 2 nitrogen and oxygen atoms in total. The minimum atomic E-state index is 0.0626. The Kier molecular flexibility index (Phi) is 7.52. The highest BCUT2D eigenvalue weighted by Gasteiger charge is 2.62. The molecule has 1 aromatic heterocycles. The van der Waals surface area contributed by atoms with Crippen LogP contribution in [0.5, 0.6) is 0 Å². The SMILES string of the molecule is c1ccc(-c2ccc(N(c3ccc(-c4cccc5c4C4(c6ccccc6-5)C5CC6CC(C5)CC4C6)c(-c4ccccc4)c3)c3cccc4oc5ccccc5c34)cc2)cc1. The summed E-state index contributed by atoms with van der Waals surface area (Å²) < 4.78 is 6.50. The molecule has 8 aromatic carbocycles. The molecule has 9 aromatic rings. The van der Waals surface area contributed by atoms with Gasteiger partial charge in [-0.15, -0.1) is 0 Å². The maximum absolute atomic E-state index is 6.50. The van der Waals surface area contributed by atoms with E-state index >= 15 is 0 Å². The van der Waals surface area contributed by atoms with Gasteiger partial charge in [-0.2, -0.15) is 0 Å². The monoisotopic (exact) mass is 771 g/mol. The summed E-state index contributed by atoms with van der Waals surface area (Å²) in [5, 5.41) is 2.24. The van der Waals surface area contributed by atoms with Crippen LogP contribution in [-0.4, -0.2) is 0 Å². The maximum Gasteiger partial charge on any atom is 0.137 e. The third kappa shape index (κ3) is 4.94. The first-order valence-corrected chi connectivity index (χ1v) is 22.0. The molecule has 2 heteroatoms. The van der Waals surface area contributed by atoms with Gasteiger partial charge >= 0.3 is 0 Å². The Morgan fingerprint density at radius 2 is 1.00 bits per heavy atom. The highest BCUT2D eigenvalue weighted by atomic mass is 16.3. The van der Waals surface area contributed by atoms with E-state index in [1.54, 1.807) is 11.1 Å². The summed E-state index contributed by atoms with van der Waals surface area (Å²) in [7, 11) is 0. The summed E-state index contributed by atoms with van der Waals surface area (Å²) in [6, 6.07) is 69.7. The Bertz CT molecular complexity index is 3070. The van der Waals surface area contributed by atoms with Crippen molar-refractivity contribution in [2.24, 2.45) is 23.7 Å². The maximum atomic E-state index is 6.50. The lowest BCUT2D eigenvalue weighted by molar-refractivity contribution is -0.0397. The number of para-hydroxylation sites is 1. The minimum absolute atomic E-state index is 0.0626. The van der Waals surface area contributed by atoms with Gasteiger partial charge in [-0.3, -0.25) is 0 Å². The molecule has 4 bridgehead atoms. The Morgan fingerprint density at radius 3 is 1.77 bits per heavy atom. The Morgan fingerprint density at radius 1 is 0.417 bits per heavy atom. The smallest absolute Gasteiger partial charge is 0.137 e. The van der Waals surface area contributed by atoms with Crippen molar-refractivity contribution in [1.29, 1.82) is 0 Å². The molecule has 0 unspecified atom stereocenters. The molecule has 5 aliphatic carbocycles. The fourth-order valence-electron chi connectivity index (χ4n) is 13.0. The number of hydrogen-bond acceptors (Lipinski definition) is 2. The van der Waals surface area contributed by atoms with E-state index in [1.165, 1.54) is 76.6 Å². The molecule has 4 fully saturated rings. The van der Waals surface area contributed by atoms with Crippen LogP contribution in [0.1, 0.15) is 43.2 Å². The van der Waals surface area contributed by atoms with Crippen molar-refractivity contribution in [3.05, 3.63) is 199 Å². The predicted molar refractivity (Wildman–Crippen MR) is 248 cm³/mol. The summed E-state index contributed by atoms with van der Waals surface area (Å²) in [4.78, 5) is 2.44. The summed E-state index contributed by atoms with van der Waals surface area (Å²) in [6.07, 6.45) is 6.92. The number of hydrogen-bond donors (Lipinski definition) is 0. The Balaban J connectivity index is 1.05. The second-order valence-electron chi connectivity index (χ2n) is 18.0. The highest BCUT2D eigenvalue weighted by Crippen LogP contribution is 2.70. The van der Waals surface area contributed by atoms with Gasteiger partial charge in [-0.25, -0.2) is 0 Å². The van der Waals surface area contributed by atoms with Gasteiger partial charge in [0.25, 0.3) is 0 Å². The summed E-state index contributed by atoms with van der Waals surface area (Å²) in [6.45, 7) is 0. The van der Waals surface area contributed by atoms with Crippen molar-refractivity contribution in [3.63, 3.8) is 0 Å². The molecule has 60 heavy (non-hydrogen) atoms. The fraction of sp³-hybridized carbons (Fsp3) is 0.172. The van der Waals surface area contributed by atoms with Crippen LogP contribution >= 0.6 is 0 Å². The molecule has 0 atom stereocenters. The zero-order valence-corrected chi connectivity index (χ0v) is 33.6. The molecule has 14 rings (SSSR count). The van der Waals surface area contributed by atoms with E-state index in [1.807, 2.05) is 0 Å². The van der Waals surface area contributed by atoms with Gasteiger partial charge in [0.05, 0.1) is 11.1 Å². The molecule has 5 aliphatic rings. The van der Waals surface area contributed by atoms with E-state index in [-0.39, 0.29) is 5.41 Å². The Labute approximate surface area is 351 Å². The first kappa shape index (κ1) is 34.2. The average molecular weight is 772 g/mol. The summed E-state index contributed by atoms with van der Waals surface area (Å²) in [5.74, 6) is 3.17. The number of fused-ring (bicyclic) bond motifs is 6. The zero-order chi connectivity index (χ0) is 39.4. The fourth-order valence-corrected chi connectivity index (χ4v) is 13.0. The Hall–Kier alpha value is -6.64. The first-order chi connectivity index (χ1) is 29.7. The largest absolute Gasteiger partial charge is 0.456 e. The van der Waals surface area contributed by atoms with Crippen molar-refractivity contribution < 1.29 is 4.42 Å². The van der Waals surface area contributed by atoms with Gasteiger partial charge in [-0.1, -0.05) is 146 Å². The first-order valence-electron chi connectivity index (χ1n) is 22.0. The normalized spacial score (nSPS) is 22.1. The van der Waals surface area contributed by atoms with Gasteiger partial charge in [0.2, 0.25) is 0 Å². The third-order valence-electron chi connectivity index (χ3n) is 15.1. The van der Waals surface area contributed by atoms with Crippen LogP contribution in [0.15, 0.2) is 192 Å². The number of nitrogens with zero attached hydrogens (tertiary/aromatic N) is 1. The average Bonchev–Trinajstić information content (AvgIpc) is 3.84. The van der Waals surface area contributed by atoms with E-state index in [2.05, 4.69) is 193 Å². The summed E-state index contributed by atoms with van der Waals surface area (Å²) >= 11 is 0. The van der Waals surface area contributed by atoms with E-state index in [4.69, 9.17) is 4.42 Å². The number of rotatable bonds is 6. The van der Waals surface area contributed by atoms with Crippen LogP contribution in [0.2, 0.25) is 0 Å². The van der Waals surface area contributed by atoms with Crippen LogP contribution in [-0.2, 0) is 5.41 Å². The standard InChI is InChI=1S/C58H45NO/c1-3-13-39(14-4-1)40-25-27-44(28-26-40)59(53-22-12-24-55-56(53)50-18-8-10-23-54(50)60-55)45-29-30-46(51(36-45)41-15-5-2-6-16-41)48-19-11-20-49-47-17-7-9-21-52(47)58(57(48)49)42-32-37-31-38(34-42)35-43(58)33-37/h1-30,36-38,42-43H,31-35H2. The molecule has 0 amide bonds. The third-order valence-corrected chi connectivity index (χ3v) is 15.1. The minimum Gasteiger partial charge on any atom is -0.456 e. The zero-order valence-electron chi connectivity index (χ0n) is 33.6. The van der Waals surface area contributed by atoms with Crippen molar-refractivity contribution >= 4 is 39.0 Å². The quantitative estimate of drug-likeness (QED) is 0.167. The van der Waals surface area contributed by atoms with Crippen LogP contribution in [0, 0.1) is 23.7 Å². The topological polar surface area (TPSA) is 16.4 Å². The molecule has 0 saturated heterocycles. The molecule has 288 valence electrons. The molecule has 0 N–H and O–H groups in total. The lowest BCUT2D eigenvalue weighted by Crippen LogP contribution is -2.55. The molecule has 1 spiro atoms. The van der Waals surface area contributed by atoms with Crippen LogP contribution in [0.3, 0.4) is 0 Å². The second kappa shape index (κ2) is 13.2. The number of benzene rings is 8. The van der Waals surface area contributed by atoms with Crippen LogP contribution < -0.4 is 4.90 Å². The molecular weight excluding hydrogens is 727 g/mol. The van der Waals surface area contributed by atoms with Crippen molar-refractivity contribution in [3.8, 4) is 44.5 Å². The van der Waals surface area contributed by atoms with Crippen molar-refractivity contribution in [2.45, 2.75) is 37.5 Å². The number of furan rings is 1. The molecule has 0 aliphatic heterocycles. The van der Waals surface area contributed by atoms with E-state index < -0.39 is 0 Å². The van der Waals surface area contributed by atoms with E-state index in [9.17, 15) is 0 Å². The van der Waals surface area contributed by atoms with E-state index in [0.29, 0.717) is 11.8 Å². The molecule has 4 saturated carbocycles. The lowest BCUT2D eigenvalue weighted by atomic mass is 9.42. The predicted octanol–water partition coefficient (Wildman–Crippen LogP) is 15.8. The van der Waals surface area contributed by atoms with Gasteiger partial charge in [0.15, 0.2) is 0 Å². The second-order valence-corrected chi connectivity index (χ2v) is 18.0. The van der Waals surface area contributed by atoms with Crippen molar-refractivity contribution in [1.82, 2.24) is 0 Å². The lowest BCUT2D eigenvalue weighted by Gasteiger charge is -2.61. The van der Waals surface area contributed by atoms with Crippen LogP contribution in [0.4, 0.5) is 17.1 Å². The van der Waals surface area contributed by atoms with Gasteiger partial charge in [0, 0.05) is 22.2 Å². The van der Waals surface area contributed by atoms with Crippen molar-refractivity contribution in [2.75, 3.05) is 4.90 Å². The van der Waals surface area contributed by atoms with E-state index in [0.717, 1.165) is 50.8 Å². The van der Waals surface area contributed by atoms with Gasteiger partial charge in [0.1, 0.15) is 11.2 Å². The van der Waals surface area contributed by atoms with Gasteiger partial charge in [-0.05, 0) is 154 Å². The molecule has 0 radical (unpaired) electrons. The summed E-state index contributed by atoms with van der Waals surface area (Å²) in [5.41, 5.74) is 18.9. The molecular formula is C58H45NO. The number of anilines is 3. The highest BCUT2D eigenvalue weighted by molar-refractivity contribution is 6.13. The van der Waals surface area contributed by atoms with Gasteiger partial charge < -0.3 is 9.32 Å².